The van der Waals surface area contributed by atoms with Gasteiger partial charge in [0, 0.05) is 17.7 Å². The third-order valence-corrected chi connectivity index (χ3v) is 5.20. The van der Waals surface area contributed by atoms with Crippen molar-refractivity contribution >= 4 is 17.8 Å². The average Bonchev–Trinajstić information content (AvgIpc) is 3.17. The molecule has 0 unspecified atom stereocenters. The summed E-state index contributed by atoms with van der Waals surface area (Å²) in [7, 11) is 6.10. The lowest BCUT2D eigenvalue weighted by Gasteiger charge is -2.12. The van der Waals surface area contributed by atoms with Crippen molar-refractivity contribution in [1.29, 1.82) is 0 Å². The van der Waals surface area contributed by atoms with Crippen molar-refractivity contribution in [2.75, 3.05) is 28.4 Å². The molecule has 0 radical (unpaired) electrons. The van der Waals surface area contributed by atoms with Crippen LogP contribution in [0.2, 0.25) is 0 Å². The number of carbonyl (C=O) groups excluding carboxylic acids is 2. The maximum absolute atomic E-state index is 12.9. The van der Waals surface area contributed by atoms with E-state index in [1.54, 1.807) is 61.7 Å². The van der Waals surface area contributed by atoms with Gasteiger partial charge in [-0.1, -0.05) is 0 Å². The number of hydrogen-bond donors (Lipinski definition) is 0. The first-order chi connectivity index (χ1) is 16.5. The molecule has 4 rings (SSSR count). The lowest BCUT2D eigenvalue weighted by Crippen LogP contribution is -2.08. The fraction of sp³-hybridized carbons (Fsp3) is 0.154. The summed E-state index contributed by atoms with van der Waals surface area (Å²) in [6, 6.07) is 14.5. The first-order valence-electron chi connectivity index (χ1n) is 10.2. The van der Waals surface area contributed by atoms with Gasteiger partial charge in [0.15, 0.2) is 17.3 Å². The van der Waals surface area contributed by atoms with Crippen LogP contribution >= 0.6 is 0 Å². The van der Waals surface area contributed by atoms with Gasteiger partial charge >= 0.3 is 5.97 Å². The zero-order chi connectivity index (χ0) is 24.2. The summed E-state index contributed by atoms with van der Waals surface area (Å²) >= 11 is 0. The molecule has 1 aliphatic heterocycles. The highest BCUT2D eigenvalue weighted by Gasteiger charge is 2.29. The van der Waals surface area contributed by atoms with E-state index in [9.17, 15) is 9.59 Å². The van der Waals surface area contributed by atoms with E-state index >= 15 is 0 Å². The molecule has 0 spiro atoms. The SMILES string of the molecule is COc1ccc(C(=O)Oc2ccc3c(c2)O/C(=C\c2cc(OC)c(OC)cc2OC)C3=O)cc1. The summed E-state index contributed by atoms with van der Waals surface area (Å²) in [6.45, 7) is 0. The van der Waals surface area contributed by atoms with Gasteiger partial charge in [-0.15, -0.1) is 0 Å². The molecule has 0 bridgehead atoms. The lowest BCUT2D eigenvalue weighted by molar-refractivity contribution is 0.0734. The molecule has 0 saturated carbocycles. The number of esters is 1. The second kappa shape index (κ2) is 9.58. The predicted molar refractivity (Wildman–Crippen MR) is 123 cm³/mol. The second-order valence-electron chi connectivity index (χ2n) is 7.16. The van der Waals surface area contributed by atoms with E-state index in [0.717, 1.165) is 0 Å². The number of ether oxygens (including phenoxy) is 6. The van der Waals surface area contributed by atoms with Gasteiger partial charge in [-0.25, -0.2) is 4.79 Å². The molecule has 0 amide bonds. The minimum Gasteiger partial charge on any atom is -0.497 e. The highest BCUT2D eigenvalue weighted by Crippen LogP contribution is 2.39. The Balaban J connectivity index is 1.57. The van der Waals surface area contributed by atoms with Crippen LogP contribution in [0, 0.1) is 0 Å². The van der Waals surface area contributed by atoms with Gasteiger partial charge in [-0.05, 0) is 48.5 Å². The van der Waals surface area contributed by atoms with Crippen LogP contribution in [0.5, 0.6) is 34.5 Å². The Morgan fingerprint density at radius 1 is 0.765 bits per heavy atom. The Bertz CT molecular complexity index is 1270. The van der Waals surface area contributed by atoms with Crippen LogP contribution in [0.25, 0.3) is 6.08 Å². The summed E-state index contributed by atoms with van der Waals surface area (Å²) < 4.78 is 32.4. The molecule has 3 aromatic rings. The highest BCUT2D eigenvalue weighted by molar-refractivity contribution is 6.14. The van der Waals surface area contributed by atoms with Crippen molar-refractivity contribution in [2.24, 2.45) is 0 Å². The third-order valence-electron chi connectivity index (χ3n) is 5.20. The number of fused-ring (bicyclic) bond motifs is 1. The van der Waals surface area contributed by atoms with Crippen LogP contribution in [-0.2, 0) is 0 Å². The molecule has 0 N–H and O–H groups in total. The monoisotopic (exact) mass is 462 g/mol. The molecule has 8 heteroatoms. The second-order valence-corrected chi connectivity index (χ2v) is 7.16. The lowest BCUT2D eigenvalue weighted by atomic mass is 10.1. The van der Waals surface area contributed by atoms with E-state index < -0.39 is 5.97 Å². The Kier molecular flexibility index (Phi) is 6.40. The quantitative estimate of drug-likeness (QED) is 0.287. The number of benzene rings is 3. The highest BCUT2D eigenvalue weighted by atomic mass is 16.5. The Hall–Kier alpha value is -4.46. The zero-order valence-electron chi connectivity index (χ0n) is 19.0. The van der Waals surface area contributed by atoms with E-state index in [-0.39, 0.29) is 23.0 Å². The van der Waals surface area contributed by atoms with Crippen molar-refractivity contribution in [1.82, 2.24) is 0 Å². The minimum atomic E-state index is -0.544. The van der Waals surface area contributed by atoms with Crippen molar-refractivity contribution in [3.8, 4) is 34.5 Å². The zero-order valence-corrected chi connectivity index (χ0v) is 19.0. The summed E-state index contributed by atoms with van der Waals surface area (Å²) in [6.07, 6.45) is 1.56. The van der Waals surface area contributed by atoms with Crippen LogP contribution in [0.4, 0.5) is 0 Å². The minimum absolute atomic E-state index is 0.0964. The number of rotatable bonds is 7. The van der Waals surface area contributed by atoms with Crippen LogP contribution < -0.4 is 28.4 Å². The summed E-state index contributed by atoms with van der Waals surface area (Å²) in [5.41, 5.74) is 1.29. The van der Waals surface area contributed by atoms with Crippen LogP contribution in [0.15, 0.2) is 60.4 Å². The molecule has 0 aliphatic carbocycles. The molecule has 1 heterocycles. The maximum atomic E-state index is 12.9. The standard InChI is InChI=1S/C26H22O8/c1-29-17-7-5-15(6-8-17)26(28)33-18-9-10-19-21(13-18)34-24(25(19)27)12-16-11-22(31-3)23(32-4)14-20(16)30-2/h5-14H,1-4H3/b24-12-. The van der Waals surface area contributed by atoms with Gasteiger partial charge in [0.25, 0.3) is 0 Å². The Morgan fingerprint density at radius 3 is 2.06 bits per heavy atom. The topological polar surface area (TPSA) is 89.5 Å². The van der Waals surface area contributed by atoms with Gasteiger partial charge in [0.05, 0.1) is 39.6 Å². The molecule has 0 aromatic heterocycles. The van der Waals surface area contributed by atoms with E-state index in [1.807, 2.05) is 0 Å². The summed E-state index contributed by atoms with van der Waals surface area (Å²) in [4.78, 5) is 25.3. The van der Waals surface area contributed by atoms with E-state index in [0.29, 0.717) is 39.7 Å². The van der Waals surface area contributed by atoms with Gasteiger partial charge in [-0.2, -0.15) is 0 Å². The molecule has 0 fully saturated rings. The van der Waals surface area contributed by atoms with Gasteiger partial charge < -0.3 is 28.4 Å². The molecular formula is C26H22O8. The van der Waals surface area contributed by atoms with Crippen LogP contribution in [0.3, 0.4) is 0 Å². The first kappa shape index (κ1) is 22.7. The Morgan fingerprint density at radius 2 is 1.41 bits per heavy atom. The van der Waals surface area contributed by atoms with Gasteiger partial charge in [0.1, 0.15) is 23.0 Å². The fourth-order valence-electron chi connectivity index (χ4n) is 3.43. The summed E-state index contributed by atoms with van der Waals surface area (Å²) in [5.74, 6) is 1.86. The molecule has 1 aliphatic rings. The number of methoxy groups -OCH3 is 4. The van der Waals surface area contributed by atoms with Crippen LogP contribution in [-0.4, -0.2) is 40.2 Å². The number of hydrogen-bond acceptors (Lipinski definition) is 8. The number of carbonyl (C=O) groups is 2. The molecular weight excluding hydrogens is 440 g/mol. The normalized spacial score (nSPS) is 13.2. The van der Waals surface area contributed by atoms with Crippen LogP contribution in [0.1, 0.15) is 26.3 Å². The predicted octanol–water partition coefficient (Wildman–Crippen LogP) is 4.56. The maximum Gasteiger partial charge on any atom is 0.343 e. The summed E-state index contributed by atoms with van der Waals surface area (Å²) in [5, 5.41) is 0. The smallest absolute Gasteiger partial charge is 0.343 e. The average molecular weight is 462 g/mol. The van der Waals surface area contributed by atoms with Crippen molar-refractivity contribution in [3.05, 3.63) is 77.0 Å². The van der Waals surface area contributed by atoms with E-state index in [1.165, 1.54) is 27.4 Å². The number of ketones is 1. The molecule has 174 valence electrons. The van der Waals surface area contributed by atoms with Gasteiger partial charge in [-0.3, -0.25) is 4.79 Å². The number of allylic oxidation sites excluding steroid dienone is 1. The molecule has 3 aromatic carbocycles. The van der Waals surface area contributed by atoms with Gasteiger partial charge in [0.2, 0.25) is 5.78 Å². The molecule has 34 heavy (non-hydrogen) atoms. The Labute approximate surface area is 196 Å². The van der Waals surface area contributed by atoms with Crippen molar-refractivity contribution < 1.29 is 38.0 Å². The first-order valence-corrected chi connectivity index (χ1v) is 10.2. The van der Waals surface area contributed by atoms with Crippen molar-refractivity contribution in [2.45, 2.75) is 0 Å². The van der Waals surface area contributed by atoms with Crippen molar-refractivity contribution in [3.63, 3.8) is 0 Å². The number of Topliss-reactive ketones (excluding diaryl/α,β-unsaturated/α-hetero) is 1. The fourth-order valence-corrected chi connectivity index (χ4v) is 3.43. The molecule has 0 saturated heterocycles. The third kappa shape index (κ3) is 4.38. The van der Waals surface area contributed by atoms with E-state index in [2.05, 4.69) is 0 Å². The van der Waals surface area contributed by atoms with E-state index in [4.69, 9.17) is 28.4 Å². The largest absolute Gasteiger partial charge is 0.497 e. The molecule has 8 nitrogen and oxygen atoms in total. The molecule has 0 atom stereocenters.